The van der Waals surface area contributed by atoms with Crippen molar-refractivity contribution in [3.05, 3.63) is 0 Å². The molecule has 0 aromatic rings. The van der Waals surface area contributed by atoms with Crippen LogP contribution in [0.25, 0.3) is 0 Å². The molecule has 3 nitrogen and oxygen atoms in total. The van der Waals surface area contributed by atoms with E-state index in [-0.39, 0.29) is 12.1 Å². The Morgan fingerprint density at radius 3 is 2.82 bits per heavy atom. The highest BCUT2D eigenvalue weighted by Crippen LogP contribution is 2.27. The summed E-state index contributed by atoms with van der Waals surface area (Å²) in [5.41, 5.74) is 5.96. The van der Waals surface area contributed by atoms with E-state index >= 15 is 0 Å². The van der Waals surface area contributed by atoms with Crippen molar-refractivity contribution in [2.24, 2.45) is 11.7 Å². The maximum Gasteiger partial charge on any atom is 0.0850 e. The van der Waals surface area contributed by atoms with Gasteiger partial charge in [-0.15, -0.1) is 0 Å². The Bertz CT molecular complexity index is 232. The normalized spacial score (nSPS) is 38.6. The lowest BCUT2D eigenvalue weighted by atomic mass is 10.0. The molecule has 2 rings (SSSR count). The molecule has 1 aliphatic carbocycles. The minimum atomic E-state index is 0.155. The zero-order valence-electron chi connectivity index (χ0n) is 11.4. The minimum absolute atomic E-state index is 0.155. The molecule has 100 valence electrons. The molecule has 0 bridgehead atoms. The van der Waals surface area contributed by atoms with E-state index in [1.165, 1.54) is 32.1 Å². The number of hydrogen-bond donors (Lipinski definition) is 1. The van der Waals surface area contributed by atoms with Crippen LogP contribution in [-0.4, -0.2) is 42.8 Å². The lowest BCUT2D eigenvalue weighted by Crippen LogP contribution is -2.52. The van der Waals surface area contributed by atoms with Gasteiger partial charge in [-0.3, -0.25) is 4.90 Å². The van der Waals surface area contributed by atoms with Crippen LogP contribution in [0.4, 0.5) is 0 Å². The van der Waals surface area contributed by atoms with Gasteiger partial charge in [-0.05, 0) is 32.1 Å². The summed E-state index contributed by atoms with van der Waals surface area (Å²) in [5, 5.41) is 0. The number of ether oxygens (including phenoxy) is 1. The second-order valence-electron chi connectivity index (χ2n) is 6.03. The molecule has 2 fully saturated rings. The molecule has 1 aliphatic heterocycles. The molecule has 0 aromatic carbocycles. The minimum Gasteiger partial charge on any atom is -0.374 e. The average Bonchev–Trinajstić information content (AvgIpc) is 2.54. The first-order valence-corrected chi connectivity index (χ1v) is 7.28. The fourth-order valence-electron chi connectivity index (χ4n) is 3.18. The van der Waals surface area contributed by atoms with Crippen molar-refractivity contribution in [3.8, 4) is 0 Å². The average molecular weight is 240 g/mol. The molecule has 1 saturated carbocycles. The first kappa shape index (κ1) is 13.3. The Balaban J connectivity index is 1.87. The maximum atomic E-state index is 5.96. The lowest BCUT2D eigenvalue weighted by molar-refractivity contribution is -0.0534. The van der Waals surface area contributed by atoms with Gasteiger partial charge in [0.05, 0.1) is 12.7 Å². The van der Waals surface area contributed by atoms with E-state index in [1.807, 2.05) is 0 Å². The number of nitrogens with zero attached hydrogens (tertiary/aromatic N) is 1. The van der Waals surface area contributed by atoms with Gasteiger partial charge in [-0.25, -0.2) is 0 Å². The zero-order chi connectivity index (χ0) is 12.3. The molecule has 17 heavy (non-hydrogen) atoms. The van der Waals surface area contributed by atoms with Gasteiger partial charge in [0, 0.05) is 25.2 Å². The molecule has 0 spiro atoms. The van der Waals surface area contributed by atoms with Gasteiger partial charge in [-0.2, -0.15) is 0 Å². The lowest BCUT2D eigenvalue weighted by Gasteiger charge is -2.39. The van der Waals surface area contributed by atoms with Gasteiger partial charge < -0.3 is 10.5 Å². The highest BCUT2D eigenvalue weighted by molar-refractivity contribution is 4.83. The van der Waals surface area contributed by atoms with E-state index in [2.05, 4.69) is 18.7 Å². The Morgan fingerprint density at radius 1 is 1.24 bits per heavy atom. The molecule has 1 heterocycles. The second kappa shape index (κ2) is 6.17. The summed E-state index contributed by atoms with van der Waals surface area (Å²) in [6.07, 6.45) is 7.18. The number of morpholine rings is 1. The van der Waals surface area contributed by atoms with Crippen LogP contribution in [0.15, 0.2) is 0 Å². The van der Waals surface area contributed by atoms with E-state index in [4.69, 9.17) is 10.5 Å². The first-order valence-electron chi connectivity index (χ1n) is 7.28. The van der Waals surface area contributed by atoms with Crippen LogP contribution in [0, 0.1) is 5.92 Å². The molecular weight excluding hydrogens is 212 g/mol. The van der Waals surface area contributed by atoms with Crippen LogP contribution < -0.4 is 5.73 Å². The smallest absolute Gasteiger partial charge is 0.0850 e. The van der Waals surface area contributed by atoms with Crippen molar-refractivity contribution in [1.82, 2.24) is 4.90 Å². The summed E-state index contributed by atoms with van der Waals surface area (Å²) in [6, 6.07) is 0.938. The highest BCUT2D eigenvalue weighted by atomic mass is 16.5. The Hall–Kier alpha value is -0.120. The van der Waals surface area contributed by atoms with Crippen LogP contribution in [0.2, 0.25) is 0 Å². The van der Waals surface area contributed by atoms with E-state index in [1.54, 1.807) is 0 Å². The van der Waals surface area contributed by atoms with E-state index < -0.39 is 0 Å². The summed E-state index contributed by atoms with van der Waals surface area (Å²) in [7, 11) is 0. The fourth-order valence-corrected chi connectivity index (χ4v) is 3.18. The van der Waals surface area contributed by atoms with Crippen molar-refractivity contribution < 1.29 is 4.74 Å². The van der Waals surface area contributed by atoms with Gasteiger partial charge in [0.25, 0.3) is 0 Å². The number of rotatable bonds is 2. The van der Waals surface area contributed by atoms with E-state index in [0.29, 0.717) is 0 Å². The SMILES string of the molecule is CC1CCCC(N2CCOC(C(C)N)C2)CC1. The largest absolute Gasteiger partial charge is 0.374 e. The molecule has 2 aliphatic rings. The van der Waals surface area contributed by atoms with E-state index in [9.17, 15) is 0 Å². The zero-order valence-corrected chi connectivity index (χ0v) is 11.4. The van der Waals surface area contributed by atoms with Crippen molar-refractivity contribution in [2.45, 2.75) is 64.1 Å². The fraction of sp³-hybridized carbons (Fsp3) is 1.00. The van der Waals surface area contributed by atoms with Crippen LogP contribution in [0.5, 0.6) is 0 Å². The Morgan fingerprint density at radius 2 is 2.06 bits per heavy atom. The highest BCUT2D eigenvalue weighted by Gasteiger charge is 2.29. The summed E-state index contributed by atoms with van der Waals surface area (Å²) in [5.74, 6) is 0.922. The molecule has 3 heteroatoms. The molecule has 0 radical (unpaired) electrons. The van der Waals surface area contributed by atoms with Crippen molar-refractivity contribution in [2.75, 3.05) is 19.7 Å². The topological polar surface area (TPSA) is 38.5 Å². The third-order valence-corrected chi connectivity index (χ3v) is 4.45. The summed E-state index contributed by atoms with van der Waals surface area (Å²) < 4.78 is 5.75. The van der Waals surface area contributed by atoms with E-state index in [0.717, 1.165) is 31.7 Å². The monoisotopic (exact) mass is 240 g/mol. The summed E-state index contributed by atoms with van der Waals surface area (Å²) in [4.78, 5) is 2.63. The van der Waals surface area contributed by atoms with Gasteiger partial charge in [-0.1, -0.05) is 19.8 Å². The quantitative estimate of drug-likeness (QED) is 0.750. The van der Waals surface area contributed by atoms with Crippen molar-refractivity contribution in [3.63, 3.8) is 0 Å². The van der Waals surface area contributed by atoms with Gasteiger partial charge in [0.15, 0.2) is 0 Å². The Labute approximate surface area is 106 Å². The number of nitrogens with two attached hydrogens (primary N) is 1. The molecule has 2 N–H and O–H groups in total. The summed E-state index contributed by atoms with van der Waals surface area (Å²) >= 11 is 0. The van der Waals surface area contributed by atoms with Crippen molar-refractivity contribution in [1.29, 1.82) is 0 Å². The molecule has 4 unspecified atom stereocenters. The predicted octanol–water partition coefficient (Wildman–Crippen LogP) is 2.00. The number of hydrogen-bond acceptors (Lipinski definition) is 3. The molecule has 0 amide bonds. The third kappa shape index (κ3) is 3.67. The van der Waals surface area contributed by atoms with Crippen LogP contribution in [0.1, 0.15) is 46.0 Å². The van der Waals surface area contributed by atoms with Gasteiger partial charge >= 0.3 is 0 Å². The first-order chi connectivity index (χ1) is 8.16. The molecule has 0 aromatic heterocycles. The molecule has 1 saturated heterocycles. The van der Waals surface area contributed by atoms with Crippen molar-refractivity contribution >= 4 is 0 Å². The van der Waals surface area contributed by atoms with Crippen LogP contribution in [0.3, 0.4) is 0 Å². The standard InChI is InChI=1S/C14H28N2O/c1-11-4-3-5-13(7-6-11)16-8-9-17-14(10-16)12(2)15/h11-14H,3-10,15H2,1-2H3. The van der Waals surface area contributed by atoms with Gasteiger partial charge in [0.1, 0.15) is 0 Å². The Kier molecular flexibility index (Phi) is 4.83. The molecule has 4 atom stereocenters. The van der Waals surface area contributed by atoms with Gasteiger partial charge in [0.2, 0.25) is 0 Å². The summed E-state index contributed by atoms with van der Waals surface area (Å²) in [6.45, 7) is 7.45. The van der Waals surface area contributed by atoms with Crippen LogP contribution >= 0.6 is 0 Å². The van der Waals surface area contributed by atoms with Crippen LogP contribution in [-0.2, 0) is 4.74 Å². The third-order valence-electron chi connectivity index (χ3n) is 4.45. The molecular formula is C14H28N2O. The second-order valence-corrected chi connectivity index (χ2v) is 6.03. The maximum absolute atomic E-state index is 5.96. The predicted molar refractivity (Wildman–Crippen MR) is 71.0 cm³/mol.